The molecule has 1 aromatic heterocycles. The molecule has 0 aliphatic heterocycles. The lowest BCUT2D eigenvalue weighted by Gasteiger charge is -2.10. The minimum atomic E-state index is -4.08. The molecule has 1 aromatic carbocycles. The fourth-order valence-electron chi connectivity index (χ4n) is 1.44. The minimum absolute atomic E-state index is 0.00702. The van der Waals surface area contributed by atoms with Gasteiger partial charge in [0, 0.05) is 12.1 Å². The van der Waals surface area contributed by atoms with E-state index in [0.717, 1.165) is 6.07 Å². The summed E-state index contributed by atoms with van der Waals surface area (Å²) in [6.45, 7) is -0.0359. The van der Waals surface area contributed by atoms with E-state index < -0.39 is 20.7 Å². The average molecular weight is 384 g/mol. The molecule has 108 valence electrons. The highest BCUT2D eigenvalue weighted by Crippen LogP contribution is 2.34. The molecule has 0 bridgehead atoms. The predicted octanol–water partition coefficient (Wildman–Crippen LogP) is 2.90. The van der Waals surface area contributed by atoms with Crippen LogP contribution in [-0.2, 0) is 16.6 Å². The molecule has 9 heteroatoms. The number of halogens is 3. The van der Waals surface area contributed by atoms with Gasteiger partial charge in [0.2, 0.25) is 10.0 Å². The highest BCUT2D eigenvalue weighted by atomic mass is 79.9. The smallest absolute Gasteiger partial charge is 0.243 e. The summed E-state index contributed by atoms with van der Waals surface area (Å²) in [6.07, 6.45) is 2.78. The number of nitrogens with two attached hydrogens (primary N) is 1. The van der Waals surface area contributed by atoms with Crippen LogP contribution < -0.4 is 10.5 Å². The van der Waals surface area contributed by atoms with Gasteiger partial charge in [-0.1, -0.05) is 11.6 Å². The van der Waals surface area contributed by atoms with E-state index in [1.807, 2.05) is 0 Å². The number of nitrogens with one attached hydrogen (secondary N) is 1. The molecule has 0 radical (unpaired) electrons. The van der Waals surface area contributed by atoms with Crippen molar-refractivity contribution in [2.24, 2.45) is 0 Å². The normalized spacial score (nSPS) is 11.8. The van der Waals surface area contributed by atoms with Gasteiger partial charge in [-0.05, 0) is 28.1 Å². The lowest BCUT2D eigenvalue weighted by atomic mass is 10.3. The first-order valence-electron chi connectivity index (χ1n) is 5.26. The van der Waals surface area contributed by atoms with Gasteiger partial charge in [-0.25, -0.2) is 17.5 Å². The summed E-state index contributed by atoms with van der Waals surface area (Å²) in [4.78, 5) is -0.605. The molecule has 1 heterocycles. The highest BCUT2D eigenvalue weighted by Gasteiger charge is 2.24. The second kappa shape index (κ2) is 5.72. The zero-order valence-electron chi connectivity index (χ0n) is 9.86. The molecular formula is C11H9BrClFN2O3S. The lowest BCUT2D eigenvalue weighted by Crippen LogP contribution is -2.24. The van der Waals surface area contributed by atoms with Gasteiger partial charge in [-0.15, -0.1) is 0 Å². The number of nitrogen functional groups attached to an aromatic ring is 1. The summed E-state index contributed by atoms with van der Waals surface area (Å²) in [6, 6.07) is 2.58. The van der Waals surface area contributed by atoms with Crippen molar-refractivity contribution in [3.05, 3.63) is 45.5 Å². The summed E-state index contributed by atoms with van der Waals surface area (Å²) < 4.78 is 45.2. The number of hydrogen-bond donors (Lipinski definition) is 2. The number of sulfonamides is 1. The molecule has 20 heavy (non-hydrogen) atoms. The third-order valence-electron chi connectivity index (χ3n) is 2.49. The molecule has 0 unspecified atom stereocenters. The summed E-state index contributed by atoms with van der Waals surface area (Å²) in [7, 11) is -4.08. The summed E-state index contributed by atoms with van der Waals surface area (Å²) in [5.41, 5.74) is 5.70. The van der Waals surface area contributed by atoms with Gasteiger partial charge < -0.3 is 10.2 Å². The Bertz CT molecular complexity index is 735. The van der Waals surface area contributed by atoms with Gasteiger partial charge >= 0.3 is 0 Å². The Hall–Kier alpha value is -1.09. The molecule has 0 atom stereocenters. The van der Waals surface area contributed by atoms with Crippen molar-refractivity contribution < 1.29 is 17.2 Å². The van der Waals surface area contributed by atoms with Crippen molar-refractivity contribution in [2.45, 2.75) is 11.4 Å². The topological polar surface area (TPSA) is 85.3 Å². The molecule has 0 spiro atoms. The maximum Gasteiger partial charge on any atom is 0.243 e. The second-order valence-corrected chi connectivity index (χ2v) is 6.79. The number of anilines is 1. The third kappa shape index (κ3) is 2.98. The van der Waals surface area contributed by atoms with Gasteiger partial charge in [0.15, 0.2) is 5.82 Å². The van der Waals surface area contributed by atoms with E-state index in [-0.39, 0.29) is 21.7 Å². The van der Waals surface area contributed by atoms with Crippen molar-refractivity contribution in [3.8, 4) is 0 Å². The Kier molecular flexibility index (Phi) is 4.38. The summed E-state index contributed by atoms with van der Waals surface area (Å²) in [5.74, 6) is -1.05. The first kappa shape index (κ1) is 15.3. The molecule has 0 amide bonds. The number of furan rings is 1. The first-order valence-corrected chi connectivity index (χ1v) is 7.92. The van der Waals surface area contributed by atoms with Gasteiger partial charge in [0.25, 0.3) is 0 Å². The zero-order chi connectivity index (χ0) is 14.9. The summed E-state index contributed by atoms with van der Waals surface area (Å²) in [5, 5.41) is 0.00702. The molecule has 2 aromatic rings. The molecule has 2 rings (SSSR count). The largest absolute Gasteiger partial charge is 0.472 e. The average Bonchev–Trinajstić information content (AvgIpc) is 2.91. The lowest BCUT2D eigenvalue weighted by molar-refractivity contribution is 0.554. The Balaban J connectivity index is 2.35. The van der Waals surface area contributed by atoms with E-state index in [2.05, 4.69) is 20.7 Å². The Morgan fingerprint density at radius 2 is 2.20 bits per heavy atom. The van der Waals surface area contributed by atoms with Crippen LogP contribution in [0.3, 0.4) is 0 Å². The van der Waals surface area contributed by atoms with E-state index in [9.17, 15) is 12.8 Å². The van der Waals surface area contributed by atoms with E-state index in [1.54, 1.807) is 6.07 Å². The van der Waals surface area contributed by atoms with Crippen LogP contribution in [0.5, 0.6) is 0 Å². The van der Waals surface area contributed by atoms with Gasteiger partial charge in [0.1, 0.15) is 4.90 Å². The van der Waals surface area contributed by atoms with Crippen molar-refractivity contribution in [1.82, 2.24) is 4.72 Å². The fourth-order valence-corrected chi connectivity index (χ4v) is 3.14. The number of rotatable bonds is 4. The van der Waals surface area contributed by atoms with Crippen LogP contribution in [0.1, 0.15) is 5.56 Å². The predicted molar refractivity (Wildman–Crippen MR) is 76.3 cm³/mol. The van der Waals surface area contributed by atoms with Crippen LogP contribution in [0.4, 0.5) is 10.1 Å². The highest BCUT2D eigenvalue weighted by molar-refractivity contribution is 9.10. The third-order valence-corrected chi connectivity index (χ3v) is 5.27. The zero-order valence-corrected chi connectivity index (χ0v) is 13.0. The number of benzene rings is 1. The van der Waals surface area contributed by atoms with Crippen molar-refractivity contribution >= 4 is 43.2 Å². The maximum absolute atomic E-state index is 14.0. The molecular weight excluding hydrogens is 375 g/mol. The van der Waals surface area contributed by atoms with Crippen molar-refractivity contribution in [3.63, 3.8) is 0 Å². The van der Waals surface area contributed by atoms with E-state index in [0.29, 0.717) is 5.56 Å². The fraction of sp³-hybridized carbons (Fsp3) is 0.0909. The maximum atomic E-state index is 14.0. The van der Waals surface area contributed by atoms with Crippen LogP contribution in [0, 0.1) is 5.82 Å². The van der Waals surface area contributed by atoms with Crippen LogP contribution in [0.15, 0.2) is 38.4 Å². The monoisotopic (exact) mass is 382 g/mol. The van der Waals surface area contributed by atoms with Crippen LogP contribution >= 0.6 is 27.5 Å². The molecule has 0 saturated carbocycles. The van der Waals surface area contributed by atoms with Gasteiger partial charge in [-0.2, -0.15) is 0 Å². The van der Waals surface area contributed by atoms with Crippen LogP contribution in [0.2, 0.25) is 5.02 Å². The number of hydrogen-bond acceptors (Lipinski definition) is 4. The molecule has 0 saturated heterocycles. The molecule has 0 fully saturated rings. The summed E-state index contributed by atoms with van der Waals surface area (Å²) >= 11 is 8.77. The first-order chi connectivity index (χ1) is 9.33. The van der Waals surface area contributed by atoms with Crippen LogP contribution in [0.25, 0.3) is 0 Å². The van der Waals surface area contributed by atoms with Crippen molar-refractivity contribution in [1.29, 1.82) is 0 Å². The molecule has 0 aliphatic carbocycles. The second-order valence-electron chi connectivity index (χ2n) is 3.85. The van der Waals surface area contributed by atoms with E-state index in [4.69, 9.17) is 21.8 Å². The molecule has 0 aliphatic rings. The standard InChI is InChI=1S/C11H9BrClFN2O3S/c12-9-7(13)3-8(10(14)11(9)15)20(17,18)16-4-6-1-2-19-5-6/h1-3,5,16H,4,15H2. The van der Waals surface area contributed by atoms with Crippen LogP contribution in [-0.4, -0.2) is 8.42 Å². The van der Waals surface area contributed by atoms with Crippen molar-refractivity contribution in [2.75, 3.05) is 5.73 Å². The Morgan fingerprint density at radius 3 is 2.80 bits per heavy atom. The van der Waals surface area contributed by atoms with Gasteiger partial charge in [-0.3, -0.25) is 0 Å². The quantitative estimate of drug-likeness (QED) is 0.628. The van der Waals surface area contributed by atoms with E-state index >= 15 is 0 Å². The molecule has 3 N–H and O–H groups in total. The Labute approximate surface area is 128 Å². The SMILES string of the molecule is Nc1c(F)c(S(=O)(=O)NCc2ccoc2)cc(Cl)c1Br. The Morgan fingerprint density at radius 1 is 1.50 bits per heavy atom. The minimum Gasteiger partial charge on any atom is -0.472 e. The molecule has 5 nitrogen and oxygen atoms in total. The van der Waals surface area contributed by atoms with E-state index in [1.165, 1.54) is 12.5 Å². The van der Waals surface area contributed by atoms with Gasteiger partial charge in [0.05, 0.1) is 27.7 Å².